The van der Waals surface area contributed by atoms with Crippen molar-refractivity contribution in [3.8, 4) is 5.75 Å². The molecule has 0 fully saturated rings. The van der Waals surface area contributed by atoms with Crippen molar-refractivity contribution in [3.63, 3.8) is 0 Å². The molecule has 0 saturated carbocycles. The molecule has 0 aliphatic carbocycles. The van der Waals surface area contributed by atoms with E-state index < -0.39 is 12.0 Å². The lowest BCUT2D eigenvalue weighted by Crippen LogP contribution is -2.30. The summed E-state index contributed by atoms with van der Waals surface area (Å²) in [7, 11) is 0. The molecule has 3 heteroatoms. The number of benzene rings is 1. The van der Waals surface area contributed by atoms with Gasteiger partial charge < -0.3 is 10.5 Å². The molecule has 0 aliphatic heterocycles. The summed E-state index contributed by atoms with van der Waals surface area (Å²) in [6.07, 6.45) is -0.597. The van der Waals surface area contributed by atoms with Gasteiger partial charge >= 0.3 is 0 Å². The average Bonchev–Trinajstić information content (AvgIpc) is 2.17. The van der Waals surface area contributed by atoms with Crippen LogP contribution in [0.25, 0.3) is 0 Å². The van der Waals surface area contributed by atoms with Crippen LogP contribution in [-0.2, 0) is 10.2 Å². The summed E-state index contributed by atoms with van der Waals surface area (Å²) in [5.41, 5.74) is 6.47. The molecule has 0 unspecified atom stereocenters. The summed E-state index contributed by atoms with van der Waals surface area (Å²) in [5, 5.41) is 0. The lowest BCUT2D eigenvalue weighted by molar-refractivity contribution is -0.123. The molecule has 0 saturated heterocycles. The summed E-state index contributed by atoms with van der Waals surface area (Å²) in [6.45, 7) is 8.08. The Bertz CT molecular complexity index is 363. The van der Waals surface area contributed by atoms with Crippen molar-refractivity contribution in [1.82, 2.24) is 0 Å². The van der Waals surface area contributed by atoms with Gasteiger partial charge in [-0.25, -0.2) is 0 Å². The largest absolute Gasteiger partial charge is 0.481 e. The molecule has 16 heavy (non-hydrogen) atoms. The maximum atomic E-state index is 10.8. The van der Waals surface area contributed by atoms with Crippen LogP contribution in [-0.4, -0.2) is 12.0 Å². The van der Waals surface area contributed by atoms with E-state index in [0.29, 0.717) is 5.75 Å². The van der Waals surface area contributed by atoms with Crippen molar-refractivity contribution in [2.75, 3.05) is 0 Å². The first-order valence-corrected chi connectivity index (χ1v) is 5.37. The number of carbonyl (C=O) groups is 1. The van der Waals surface area contributed by atoms with Crippen LogP contribution in [0.15, 0.2) is 24.3 Å². The molecule has 1 atom stereocenters. The highest BCUT2D eigenvalue weighted by atomic mass is 16.5. The molecule has 1 rings (SSSR count). The Morgan fingerprint density at radius 3 is 2.12 bits per heavy atom. The van der Waals surface area contributed by atoms with Gasteiger partial charge in [-0.2, -0.15) is 0 Å². The number of amides is 1. The lowest BCUT2D eigenvalue weighted by Gasteiger charge is -2.19. The van der Waals surface area contributed by atoms with E-state index >= 15 is 0 Å². The summed E-state index contributed by atoms with van der Waals surface area (Å²) in [5.74, 6) is 0.208. The van der Waals surface area contributed by atoms with E-state index in [1.165, 1.54) is 5.56 Å². The number of ether oxygens (including phenoxy) is 1. The minimum Gasteiger partial charge on any atom is -0.481 e. The first-order valence-electron chi connectivity index (χ1n) is 5.37. The fourth-order valence-corrected chi connectivity index (χ4v) is 1.30. The Hall–Kier alpha value is -1.51. The van der Waals surface area contributed by atoms with Crippen LogP contribution in [0.3, 0.4) is 0 Å². The zero-order chi connectivity index (χ0) is 12.3. The Balaban J connectivity index is 2.76. The SMILES string of the molecule is C[C@@H](Oc1ccc(C(C)(C)C)cc1)C(N)=O. The van der Waals surface area contributed by atoms with Crippen LogP contribution in [0.4, 0.5) is 0 Å². The number of hydrogen-bond donors (Lipinski definition) is 1. The van der Waals surface area contributed by atoms with E-state index in [9.17, 15) is 4.79 Å². The van der Waals surface area contributed by atoms with Gasteiger partial charge in [0.25, 0.3) is 5.91 Å². The van der Waals surface area contributed by atoms with Gasteiger partial charge in [-0.1, -0.05) is 32.9 Å². The maximum absolute atomic E-state index is 10.8. The molecule has 1 amide bonds. The fourth-order valence-electron chi connectivity index (χ4n) is 1.30. The predicted molar refractivity (Wildman–Crippen MR) is 64.4 cm³/mol. The van der Waals surface area contributed by atoms with Crippen LogP contribution in [0.2, 0.25) is 0 Å². The normalized spacial score (nSPS) is 13.2. The first-order chi connectivity index (χ1) is 7.30. The summed E-state index contributed by atoms with van der Waals surface area (Å²) < 4.78 is 5.37. The molecule has 0 radical (unpaired) electrons. The van der Waals surface area contributed by atoms with E-state index in [2.05, 4.69) is 20.8 Å². The second-order valence-corrected chi connectivity index (χ2v) is 4.94. The summed E-state index contributed by atoms with van der Waals surface area (Å²) >= 11 is 0. The number of primary amides is 1. The third-order valence-electron chi connectivity index (χ3n) is 2.43. The summed E-state index contributed by atoms with van der Waals surface area (Å²) in [4.78, 5) is 10.8. The van der Waals surface area contributed by atoms with Crippen LogP contribution >= 0.6 is 0 Å². The Morgan fingerprint density at radius 2 is 1.75 bits per heavy atom. The number of nitrogens with two attached hydrogens (primary N) is 1. The van der Waals surface area contributed by atoms with Crippen molar-refractivity contribution >= 4 is 5.91 Å². The van der Waals surface area contributed by atoms with E-state index in [0.717, 1.165) is 0 Å². The number of carbonyl (C=O) groups excluding carboxylic acids is 1. The van der Waals surface area contributed by atoms with Crippen LogP contribution in [0.1, 0.15) is 33.3 Å². The third kappa shape index (κ3) is 3.26. The second kappa shape index (κ2) is 4.56. The van der Waals surface area contributed by atoms with Gasteiger partial charge in [0.2, 0.25) is 0 Å². The molecule has 3 nitrogen and oxygen atoms in total. The Kier molecular flexibility index (Phi) is 3.58. The Morgan fingerprint density at radius 1 is 1.25 bits per heavy atom. The molecule has 0 heterocycles. The van der Waals surface area contributed by atoms with Crippen LogP contribution < -0.4 is 10.5 Å². The van der Waals surface area contributed by atoms with Gasteiger partial charge in [0, 0.05) is 0 Å². The molecule has 0 spiro atoms. The van der Waals surface area contributed by atoms with Crippen molar-refractivity contribution in [2.45, 2.75) is 39.2 Å². The van der Waals surface area contributed by atoms with E-state index in [1.54, 1.807) is 6.92 Å². The quantitative estimate of drug-likeness (QED) is 0.851. The highest BCUT2D eigenvalue weighted by molar-refractivity contribution is 5.78. The van der Waals surface area contributed by atoms with Gasteiger partial charge in [0.15, 0.2) is 6.10 Å². The standard InChI is InChI=1S/C13H19NO2/c1-9(12(14)15)16-11-7-5-10(6-8-11)13(2,3)4/h5-9H,1-4H3,(H2,14,15)/t9-/m1/s1. The zero-order valence-electron chi connectivity index (χ0n) is 10.3. The molecular weight excluding hydrogens is 202 g/mol. The number of hydrogen-bond acceptors (Lipinski definition) is 2. The highest BCUT2D eigenvalue weighted by Gasteiger charge is 2.14. The molecule has 1 aromatic rings. The molecule has 0 aliphatic rings. The van der Waals surface area contributed by atoms with Crippen molar-refractivity contribution in [1.29, 1.82) is 0 Å². The van der Waals surface area contributed by atoms with Gasteiger partial charge in [-0.15, -0.1) is 0 Å². The minimum atomic E-state index is -0.597. The average molecular weight is 221 g/mol. The lowest BCUT2D eigenvalue weighted by atomic mass is 9.87. The van der Waals surface area contributed by atoms with E-state index in [1.807, 2.05) is 24.3 Å². The maximum Gasteiger partial charge on any atom is 0.258 e. The van der Waals surface area contributed by atoms with E-state index in [-0.39, 0.29) is 5.41 Å². The monoisotopic (exact) mass is 221 g/mol. The highest BCUT2D eigenvalue weighted by Crippen LogP contribution is 2.24. The second-order valence-electron chi connectivity index (χ2n) is 4.94. The first kappa shape index (κ1) is 12.6. The molecule has 1 aromatic carbocycles. The molecular formula is C13H19NO2. The fraction of sp³-hybridized carbons (Fsp3) is 0.462. The molecule has 0 bridgehead atoms. The minimum absolute atomic E-state index is 0.119. The van der Waals surface area contributed by atoms with Gasteiger partial charge in [0.1, 0.15) is 5.75 Å². The zero-order valence-corrected chi connectivity index (χ0v) is 10.3. The third-order valence-corrected chi connectivity index (χ3v) is 2.43. The van der Waals surface area contributed by atoms with Crippen LogP contribution in [0.5, 0.6) is 5.75 Å². The smallest absolute Gasteiger partial charge is 0.258 e. The van der Waals surface area contributed by atoms with Gasteiger partial charge in [-0.05, 0) is 30.0 Å². The van der Waals surface area contributed by atoms with Crippen LogP contribution in [0, 0.1) is 0 Å². The topological polar surface area (TPSA) is 52.3 Å². The van der Waals surface area contributed by atoms with Gasteiger partial charge in [0.05, 0.1) is 0 Å². The van der Waals surface area contributed by atoms with Crippen molar-refractivity contribution in [2.24, 2.45) is 5.73 Å². The molecule has 0 aromatic heterocycles. The number of rotatable bonds is 3. The van der Waals surface area contributed by atoms with Crippen molar-refractivity contribution in [3.05, 3.63) is 29.8 Å². The Labute approximate surface area is 96.6 Å². The van der Waals surface area contributed by atoms with Crippen molar-refractivity contribution < 1.29 is 9.53 Å². The predicted octanol–water partition coefficient (Wildman–Crippen LogP) is 2.24. The summed E-state index contributed by atoms with van der Waals surface area (Å²) in [6, 6.07) is 7.73. The molecule has 88 valence electrons. The van der Waals surface area contributed by atoms with Gasteiger partial charge in [-0.3, -0.25) is 4.79 Å². The molecule has 2 N–H and O–H groups in total. The van der Waals surface area contributed by atoms with E-state index in [4.69, 9.17) is 10.5 Å².